The molecule has 0 bridgehead atoms. The standard InChI is InChI=1S/C19H15F4N3O3S/c20-14-5-6-17(13(11-14)12-24)30(28,29)26-9-7-25(8-10-26)18(27)15-3-1-2-4-16(15)19(21,22)23/h1-6,11H,7-10H2. The Balaban J connectivity index is 1.79. The summed E-state index contributed by atoms with van der Waals surface area (Å²) in [5, 5.41) is 9.09. The van der Waals surface area contributed by atoms with Crippen molar-refractivity contribution < 1.29 is 30.8 Å². The first-order valence-electron chi connectivity index (χ1n) is 8.71. The van der Waals surface area contributed by atoms with Gasteiger partial charge < -0.3 is 4.90 Å². The summed E-state index contributed by atoms with van der Waals surface area (Å²) in [7, 11) is -4.14. The Kier molecular flexibility index (Phi) is 5.83. The summed E-state index contributed by atoms with van der Waals surface area (Å²) in [6, 6.07) is 8.73. The Hall–Kier alpha value is -2.97. The van der Waals surface area contributed by atoms with Gasteiger partial charge in [0.2, 0.25) is 10.0 Å². The quantitative estimate of drug-likeness (QED) is 0.686. The molecular weight excluding hydrogens is 426 g/mol. The molecule has 0 unspecified atom stereocenters. The van der Waals surface area contributed by atoms with Crippen LogP contribution in [0.2, 0.25) is 0 Å². The zero-order valence-electron chi connectivity index (χ0n) is 15.4. The van der Waals surface area contributed by atoms with Gasteiger partial charge in [-0.25, -0.2) is 12.8 Å². The molecule has 1 aliphatic rings. The van der Waals surface area contributed by atoms with Crippen molar-refractivity contribution in [2.45, 2.75) is 11.1 Å². The van der Waals surface area contributed by atoms with Gasteiger partial charge in [-0.1, -0.05) is 12.1 Å². The number of benzene rings is 2. The number of hydrogen-bond acceptors (Lipinski definition) is 4. The molecule has 0 saturated carbocycles. The van der Waals surface area contributed by atoms with Crippen molar-refractivity contribution >= 4 is 15.9 Å². The van der Waals surface area contributed by atoms with E-state index in [1.807, 2.05) is 0 Å². The van der Waals surface area contributed by atoms with E-state index in [4.69, 9.17) is 5.26 Å². The lowest BCUT2D eigenvalue weighted by Gasteiger charge is -2.34. The van der Waals surface area contributed by atoms with E-state index in [1.54, 1.807) is 6.07 Å². The summed E-state index contributed by atoms with van der Waals surface area (Å²) in [5.74, 6) is -1.61. The van der Waals surface area contributed by atoms with Gasteiger partial charge in [0.25, 0.3) is 5.91 Å². The number of halogens is 4. The van der Waals surface area contributed by atoms with Gasteiger partial charge in [-0.2, -0.15) is 22.7 Å². The number of amides is 1. The van der Waals surface area contributed by atoms with Crippen molar-refractivity contribution in [3.05, 3.63) is 65.0 Å². The van der Waals surface area contributed by atoms with Crippen LogP contribution in [0.25, 0.3) is 0 Å². The molecule has 1 amide bonds. The molecule has 6 nitrogen and oxygen atoms in total. The first-order chi connectivity index (χ1) is 14.1. The first kappa shape index (κ1) is 21.7. The molecule has 1 fully saturated rings. The number of hydrogen-bond donors (Lipinski definition) is 0. The molecule has 0 aromatic heterocycles. The van der Waals surface area contributed by atoms with Crippen LogP contribution < -0.4 is 0 Å². The van der Waals surface area contributed by atoms with Crippen LogP contribution in [-0.4, -0.2) is 49.7 Å². The van der Waals surface area contributed by atoms with Gasteiger partial charge in [0.15, 0.2) is 0 Å². The molecule has 3 rings (SSSR count). The summed E-state index contributed by atoms with van der Waals surface area (Å²) < 4.78 is 79.4. The van der Waals surface area contributed by atoms with E-state index in [1.165, 1.54) is 12.1 Å². The third-order valence-electron chi connectivity index (χ3n) is 4.67. The molecule has 158 valence electrons. The van der Waals surface area contributed by atoms with Crippen LogP contribution in [0, 0.1) is 17.1 Å². The molecule has 0 atom stereocenters. The van der Waals surface area contributed by atoms with E-state index in [0.29, 0.717) is 0 Å². The lowest BCUT2D eigenvalue weighted by atomic mass is 10.1. The van der Waals surface area contributed by atoms with Gasteiger partial charge in [-0.15, -0.1) is 0 Å². The van der Waals surface area contributed by atoms with Crippen molar-refractivity contribution in [3.63, 3.8) is 0 Å². The van der Waals surface area contributed by atoms with Crippen LogP contribution in [0.15, 0.2) is 47.4 Å². The molecule has 30 heavy (non-hydrogen) atoms. The average Bonchev–Trinajstić information content (AvgIpc) is 2.72. The zero-order valence-corrected chi connectivity index (χ0v) is 16.2. The van der Waals surface area contributed by atoms with Crippen molar-refractivity contribution in [2.24, 2.45) is 0 Å². The van der Waals surface area contributed by atoms with E-state index in [0.717, 1.165) is 39.5 Å². The summed E-state index contributed by atoms with van der Waals surface area (Å²) in [4.78, 5) is 13.4. The molecule has 0 spiro atoms. The summed E-state index contributed by atoms with van der Waals surface area (Å²) in [6.45, 7) is -0.615. The SMILES string of the molecule is N#Cc1cc(F)ccc1S(=O)(=O)N1CCN(C(=O)c2ccccc2C(F)(F)F)CC1. The molecular formula is C19H15F4N3O3S. The van der Waals surface area contributed by atoms with Crippen LogP contribution in [0.1, 0.15) is 21.5 Å². The first-order valence-corrected chi connectivity index (χ1v) is 10.1. The number of carbonyl (C=O) groups excluding carboxylic acids is 1. The van der Waals surface area contributed by atoms with Crippen molar-refractivity contribution in [3.8, 4) is 6.07 Å². The maximum absolute atomic E-state index is 13.3. The molecule has 2 aromatic rings. The lowest BCUT2D eigenvalue weighted by Crippen LogP contribution is -2.50. The third-order valence-corrected chi connectivity index (χ3v) is 6.63. The highest BCUT2D eigenvalue weighted by atomic mass is 32.2. The number of carbonyl (C=O) groups is 1. The second kappa shape index (κ2) is 8.04. The molecule has 11 heteroatoms. The molecule has 0 aliphatic carbocycles. The minimum atomic E-state index is -4.70. The maximum atomic E-state index is 13.3. The highest BCUT2D eigenvalue weighted by Gasteiger charge is 2.37. The normalized spacial score (nSPS) is 15.6. The number of nitrogens with zero attached hydrogens (tertiary/aromatic N) is 3. The summed E-state index contributed by atoms with van der Waals surface area (Å²) in [6.07, 6.45) is -4.70. The van der Waals surface area contributed by atoms with Crippen molar-refractivity contribution in [1.29, 1.82) is 5.26 Å². The van der Waals surface area contributed by atoms with E-state index in [2.05, 4.69) is 0 Å². The topological polar surface area (TPSA) is 81.5 Å². The molecule has 1 heterocycles. The van der Waals surface area contributed by atoms with Crippen molar-refractivity contribution in [1.82, 2.24) is 9.21 Å². The van der Waals surface area contributed by atoms with Crippen LogP contribution in [0.3, 0.4) is 0 Å². The predicted molar refractivity (Wildman–Crippen MR) is 97.2 cm³/mol. The second-order valence-electron chi connectivity index (χ2n) is 6.49. The lowest BCUT2D eigenvalue weighted by molar-refractivity contribution is -0.138. The van der Waals surface area contributed by atoms with E-state index >= 15 is 0 Å². The second-order valence-corrected chi connectivity index (χ2v) is 8.40. The Morgan fingerprint density at radius 2 is 1.67 bits per heavy atom. The Bertz CT molecular complexity index is 1120. The maximum Gasteiger partial charge on any atom is 0.417 e. The van der Waals surface area contributed by atoms with Crippen LogP contribution in [-0.2, 0) is 16.2 Å². The number of sulfonamides is 1. The molecule has 1 aliphatic heterocycles. The summed E-state index contributed by atoms with van der Waals surface area (Å²) >= 11 is 0. The van der Waals surface area contributed by atoms with E-state index in [-0.39, 0.29) is 36.6 Å². The third kappa shape index (κ3) is 4.15. The zero-order chi connectivity index (χ0) is 22.1. The van der Waals surface area contributed by atoms with E-state index in [9.17, 15) is 30.8 Å². The fraction of sp³-hybridized carbons (Fsp3) is 0.263. The number of piperazine rings is 1. The number of rotatable bonds is 3. The monoisotopic (exact) mass is 441 g/mol. The fourth-order valence-corrected chi connectivity index (χ4v) is 4.72. The summed E-state index contributed by atoms with van der Waals surface area (Å²) in [5.41, 5.74) is -1.92. The Morgan fingerprint density at radius 1 is 1.03 bits per heavy atom. The number of nitriles is 1. The fourth-order valence-electron chi connectivity index (χ4n) is 3.17. The predicted octanol–water partition coefficient (Wildman–Crippen LogP) is 2.86. The molecule has 2 aromatic carbocycles. The van der Waals surface area contributed by atoms with Gasteiger partial charge >= 0.3 is 6.18 Å². The highest BCUT2D eigenvalue weighted by molar-refractivity contribution is 7.89. The van der Waals surface area contributed by atoms with Crippen LogP contribution >= 0.6 is 0 Å². The minimum Gasteiger partial charge on any atom is -0.336 e. The van der Waals surface area contributed by atoms with Crippen molar-refractivity contribution in [2.75, 3.05) is 26.2 Å². The van der Waals surface area contributed by atoms with Gasteiger partial charge in [0.1, 0.15) is 16.8 Å². The van der Waals surface area contributed by atoms with Crippen LogP contribution in [0.5, 0.6) is 0 Å². The number of alkyl halides is 3. The van der Waals surface area contributed by atoms with E-state index < -0.39 is 39.1 Å². The van der Waals surface area contributed by atoms with Gasteiger partial charge in [0.05, 0.1) is 16.7 Å². The largest absolute Gasteiger partial charge is 0.417 e. The van der Waals surface area contributed by atoms with Gasteiger partial charge in [0, 0.05) is 26.2 Å². The minimum absolute atomic E-state index is 0.132. The van der Waals surface area contributed by atoms with Gasteiger partial charge in [-0.05, 0) is 30.3 Å². The van der Waals surface area contributed by atoms with Gasteiger partial charge in [-0.3, -0.25) is 4.79 Å². The highest BCUT2D eigenvalue weighted by Crippen LogP contribution is 2.32. The molecule has 0 radical (unpaired) electrons. The Morgan fingerprint density at radius 3 is 2.27 bits per heavy atom. The van der Waals surface area contributed by atoms with Crippen LogP contribution in [0.4, 0.5) is 17.6 Å². The average molecular weight is 441 g/mol. The molecule has 1 saturated heterocycles. The smallest absolute Gasteiger partial charge is 0.336 e. The molecule has 0 N–H and O–H groups in total. The Labute approximate surface area is 170 Å².